The maximum atomic E-state index is 12.6. The molecule has 2 aliphatic heterocycles. The zero-order valence-electron chi connectivity index (χ0n) is 13.1. The van der Waals surface area contributed by atoms with Gasteiger partial charge in [-0.3, -0.25) is 4.79 Å². The van der Waals surface area contributed by atoms with Crippen molar-refractivity contribution in [3.8, 4) is 11.5 Å². The van der Waals surface area contributed by atoms with E-state index in [0.717, 1.165) is 37.3 Å². The summed E-state index contributed by atoms with van der Waals surface area (Å²) in [6.07, 6.45) is 3.50. The molecule has 0 N–H and O–H groups in total. The first-order chi connectivity index (χ1) is 10.6. The molecule has 0 radical (unpaired) electrons. The van der Waals surface area contributed by atoms with Crippen LogP contribution in [0.3, 0.4) is 0 Å². The van der Waals surface area contributed by atoms with Gasteiger partial charge in [-0.2, -0.15) is 0 Å². The Hall–Kier alpha value is -1.55. The predicted octanol–water partition coefficient (Wildman–Crippen LogP) is 1.93. The van der Waals surface area contributed by atoms with Crippen molar-refractivity contribution in [1.82, 2.24) is 4.90 Å². The van der Waals surface area contributed by atoms with Crippen LogP contribution < -0.4 is 9.47 Å². The SMILES string of the molecule is COc1cc2c3c(c1)OC1C(=O)CCC4C(C2)N(C)CCC314. The summed E-state index contributed by atoms with van der Waals surface area (Å²) in [5.41, 5.74) is 2.60. The fourth-order valence-electron chi connectivity index (χ4n) is 5.66. The van der Waals surface area contributed by atoms with Crippen LogP contribution in [-0.4, -0.2) is 43.5 Å². The second-order valence-electron chi connectivity index (χ2n) is 7.31. The van der Waals surface area contributed by atoms with E-state index in [0.29, 0.717) is 24.2 Å². The van der Waals surface area contributed by atoms with Crippen LogP contribution in [0.4, 0.5) is 0 Å². The molecular formula is C18H21NO3. The Labute approximate surface area is 130 Å². The number of likely N-dealkylation sites (N-methyl/N-ethyl adjacent to an activating group) is 1. The molecular weight excluding hydrogens is 278 g/mol. The van der Waals surface area contributed by atoms with Crippen LogP contribution in [0.1, 0.15) is 30.4 Å². The fraction of sp³-hybridized carbons (Fsp3) is 0.611. The van der Waals surface area contributed by atoms with Gasteiger partial charge in [0.2, 0.25) is 0 Å². The Balaban J connectivity index is 1.79. The van der Waals surface area contributed by atoms with Gasteiger partial charge in [0, 0.05) is 29.5 Å². The molecule has 5 rings (SSSR count). The average molecular weight is 299 g/mol. The van der Waals surface area contributed by atoms with Crippen LogP contribution in [0.15, 0.2) is 12.1 Å². The predicted molar refractivity (Wildman–Crippen MR) is 81.6 cm³/mol. The Morgan fingerprint density at radius 2 is 2.27 bits per heavy atom. The van der Waals surface area contributed by atoms with Gasteiger partial charge in [-0.25, -0.2) is 0 Å². The van der Waals surface area contributed by atoms with Crippen molar-refractivity contribution in [1.29, 1.82) is 0 Å². The van der Waals surface area contributed by atoms with E-state index in [1.807, 2.05) is 6.07 Å². The molecule has 4 nitrogen and oxygen atoms in total. The average Bonchev–Trinajstić information content (AvgIpc) is 2.86. The van der Waals surface area contributed by atoms with Crippen molar-refractivity contribution < 1.29 is 14.3 Å². The third kappa shape index (κ3) is 1.31. The van der Waals surface area contributed by atoms with E-state index in [1.165, 1.54) is 11.1 Å². The largest absolute Gasteiger partial charge is 0.497 e. The van der Waals surface area contributed by atoms with E-state index in [2.05, 4.69) is 18.0 Å². The number of carbonyl (C=O) groups is 1. The smallest absolute Gasteiger partial charge is 0.174 e. The molecule has 2 fully saturated rings. The summed E-state index contributed by atoms with van der Waals surface area (Å²) in [6.45, 7) is 1.05. The van der Waals surface area contributed by atoms with Gasteiger partial charge in [-0.05, 0) is 50.4 Å². The van der Waals surface area contributed by atoms with Crippen molar-refractivity contribution in [3.05, 3.63) is 23.3 Å². The maximum absolute atomic E-state index is 12.6. The van der Waals surface area contributed by atoms with Crippen LogP contribution in [0, 0.1) is 5.92 Å². The van der Waals surface area contributed by atoms with E-state index >= 15 is 0 Å². The number of nitrogens with zero attached hydrogens (tertiary/aromatic N) is 1. The number of hydrogen-bond acceptors (Lipinski definition) is 4. The minimum Gasteiger partial charge on any atom is -0.497 e. The highest BCUT2D eigenvalue weighted by molar-refractivity contribution is 5.88. The fourth-order valence-corrected chi connectivity index (χ4v) is 5.66. The molecule has 1 aromatic rings. The summed E-state index contributed by atoms with van der Waals surface area (Å²) in [5.74, 6) is 2.59. The van der Waals surface area contributed by atoms with Crippen molar-refractivity contribution in [3.63, 3.8) is 0 Å². The third-order valence-corrected chi connectivity index (χ3v) is 6.56. The zero-order valence-corrected chi connectivity index (χ0v) is 13.1. The standard InChI is InChI=1S/C18H21NO3/c1-19-6-5-18-12-3-4-14(20)17(18)22-15-9-11(21-2)7-10(16(15)18)8-13(12)19/h7,9,12-13,17H,3-6,8H2,1-2H3. The molecule has 4 aliphatic rings. The van der Waals surface area contributed by atoms with E-state index in [1.54, 1.807) is 7.11 Å². The molecule has 2 bridgehead atoms. The number of carbonyl (C=O) groups excluding carboxylic acids is 1. The summed E-state index contributed by atoms with van der Waals surface area (Å²) >= 11 is 0. The van der Waals surface area contributed by atoms with Crippen molar-refractivity contribution in [2.75, 3.05) is 20.7 Å². The monoisotopic (exact) mass is 299 g/mol. The highest BCUT2D eigenvalue weighted by Gasteiger charge is 2.65. The molecule has 4 heteroatoms. The van der Waals surface area contributed by atoms with Gasteiger partial charge in [0.05, 0.1) is 7.11 Å². The summed E-state index contributed by atoms with van der Waals surface area (Å²) in [6, 6.07) is 4.67. The van der Waals surface area contributed by atoms with E-state index in [4.69, 9.17) is 9.47 Å². The highest BCUT2D eigenvalue weighted by atomic mass is 16.5. The second-order valence-corrected chi connectivity index (χ2v) is 7.31. The molecule has 1 saturated heterocycles. The number of ether oxygens (including phenoxy) is 2. The number of hydrogen-bond donors (Lipinski definition) is 0. The Morgan fingerprint density at radius 3 is 3.09 bits per heavy atom. The summed E-state index contributed by atoms with van der Waals surface area (Å²) in [4.78, 5) is 15.1. The van der Waals surface area contributed by atoms with Crippen molar-refractivity contribution in [2.24, 2.45) is 5.92 Å². The summed E-state index contributed by atoms with van der Waals surface area (Å²) in [7, 11) is 3.92. The van der Waals surface area contributed by atoms with Gasteiger partial charge in [-0.1, -0.05) is 0 Å². The highest BCUT2D eigenvalue weighted by Crippen LogP contribution is 2.61. The maximum Gasteiger partial charge on any atom is 0.174 e. The molecule has 1 saturated carbocycles. The van der Waals surface area contributed by atoms with Gasteiger partial charge in [0.25, 0.3) is 0 Å². The normalized spacial score (nSPS) is 38.5. The number of methoxy groups -OCH3 is 1. The Kier molecular flexibility index (Phi) is 2.38. The first kappa shape index (κ1) is 12.9. The van der Waals surface area contributed by atoms with Crippen LogP contribution in [0.5, 0.6) is 11.5 Å². The molecule has 0 amide bonds. The number of piperidine rings is 1. The summed E-state index contributed by atoms with van der Waals surface area (Å²) < 4.78 is 11.7. The van der Waals surface area contributed by atoms with Crippen LogP contribution >= 0.6 is 0 Å². The molecule has 0 aromatic heterocycles. The lowest BCUT2D eigenvalue weighted by Gasteiger charge is -2.57. The topological polar surface area (TPSA) is 38.8 Å². The zero-order chi connectivity index (χ0) is 15.1. The lowest BCUT2D eigenvalue weighted by atomic mass is 9.52. The van der Waals surface area contributed by atoms with Gasteiger partial charge in [0.1, 0.15) is 11.5 Å². The van der Waals surface area contributed by atoms with E-state index in [-0.39, 0.29) is 11.5 Å². The van der Waals surface area contributed by atoms with Crippen molar-refractivity contribution >= 4 is 5.78 Å². The lowest BCUT2D eigenvalue weighted by Crippen LogP contribution is -2.65. The molecule has 4 atom stereocenters. The van der Waals surface area contributed by atoms with Gasteiger partial charge >= 0.3 is 0 Å². The quantitative estimate of drug-likeness (QED) is 0.794. The first-order valence-corrected chi connectivity index (χ1v) is 8.26. The number of benzene rings is 1. The first-order valence-electron chi connectivity index (χ1n) is 8.26. The van der Waals surface area contributed by atoms with Gasteiger partial charge in [0.15, 0.2) is 11.9 Å². The molecule has 2 aliphatic carbocycles. The minimum absolute atomic E-state index is 0.0678. The van der Waals surface area contributed by atoms with E-state index in [9.17, 15) is 4.79 Å². The van der Waals surface area contributed by atoms with Gasteiger partial charge < -0.3 is 14.4 Å². The molecule has 1 aromatic carbocycles. The Morgan fingerprint density at radius 1 is 1.41 bits per heavy atom. The van der Waals surface area contributed by atoms with E-state index < -0.39 is 0 Å². The Bertz CT molecular complexity index is 685. The second kappa shape index (κ2) is 4.05. The number of ketones is 1. The van der Waals surface area contributed by atoms with Gasteiger partial charge in [-0.15, -0.1) is 0 Å². The molecule has 116 valence electrons. The summed E-state index contributed by atoms with van der Waals surface area (Å²) in [5, 5.41) is 0. The number of Topliss-reactive ketones (excluding diaryl/α,β-unsaturated/α-hetero) is 1. The number of rotatable bonds is 1. The van der Waals surface area contributed by atoms with Crippen LogP contribution in [0.25, 0.3) is 0 Å². The molecule has 1 spiro atoms. The molecule has 4 unspecified atom stereocenters. The third-order valence-electron chi connectivity index (χ3n) is 6.56. The molecule has 2 heterocycles. The van der Waals surface area contributed by atoms with Crippen molar-refractivity contribution in [2.45, 2.75) is 43.2 Å². The lowest BCUT2D eigenvalue weighted by molar-refractivity contribution is -0.138. The molecule has 22 heavy (non-hydrogen) atoms. The minimum atomic E-state index is -0.261. The van der Waals surface area contributed by atoms with Crippen LogP contribution in [-0.2, 0) is 16.6 Å². The number of likely N-dealkylation sites (tertiary alicyclic amines) is 1. The van der Waals surface area contributed by atoms with Crippen LogP contribution in [0.2, 0.25) is 0 Å².